The zero-order valence-corrected chi connectivity index (χ0v) is 28.5. The summed E-state index contributed by atoms with van der Waals surface area (Å²) in [5.41, 5.74) is 5.35. The topological polar surface area (TPSA) is 76.4 Å². The minimum atomic E-state index is -0.407. The number of hydrogen-bond acceptors (Lipinski definition) is 5. The number of aliphatic hydroxyl groups is 1. The van der Waals surface area contributed by atoms with Gasteiger partial charge < -0.3 is 15.3 Å². The molecule has 0 saturated carbocycles. The molecule has 0 fully saturated rings. The Hall–Kier alpha value is -5.34. The number of anilines is 2. The molecule has 0 amide bonds. The van der Waals surface area contributed by atoms with Crippen LogP contribution in [0.1, 0.15) is 58.1 Å². The molecule has 0 saturated heterocycles. The van der Waals surface area contributed by atoms with Gasteiger partial charge >= 0.3 is 0 Å². The lowest BCUT2D eigenvalue weighted by atomic mass is 9.78. The number of nitrogens with one attached hydrogen (secondary N) is 1. The Morgan fingerprint density at radius 1 is 0.917 bits per heavy atom. The van der Waals surface area contributed by atoms with Crippen molar-refractivity contribution in [1.82, 2.24) is 0 Å². The summed E-state index contributed by atoms with van der Waals surface area (Å²) in [5, 5.41) is 27.0. The molecule has 5 nitrogen and oxygen atoms in total. The van der Waals surface area contributed by atoms with E-state index in [1.807, 2.05) is 24.3 Å². The van der Waals surface area contributed by atoms with Gasteiger partial charge in [-0.2, -0.15) is 5.26 Å². The van der Waals surface area contributed by atoms with Crippen LogP contribution in [-0.2, 0) is 15.6 Å². The Bertz CT molecular complexity index is 2000. The number of aliphatic hydroxyl groups excluding tert-OH is 1. The molecule has 1 heterocycles. The summed E-state index contributed by atoms with van der Waals surface area (Å²) in [5.74, 6) is -0.227. The van der Waals surface area contributed by atoms with Gasteiger partial charge in [0.15, 0.2) is 0 Å². The van der Waals surface area contributed by atoms with Gasteiger partial charge in [0, 0.05) is 48.4 Å². The number of hydrogen-bond donors (Lipinski definition) is 2. The zero-order chi connectivity index (χ0) is 34.3. The largest absolute Gasteiger partial charge is 0.513 e. The highest BCUT2D eigenvalue weighted by Crippen LogP contribution is 2.50. The highest BCUT2D eigenvalue weighted by Gasteiger charge is 2.41. The number of ketones is 1. The van der Waals surface area contributed by atoms with Crippen molar-refractivity contribution in [1.29, 1.82) is 5.26 Å². The lowest BCUT2D eigenvalue weighted by Crippen LogP contribution is -2.28. The normalized spacial score (nSPS) is 15.2. The Morgan fingerprint density at radius 2 is 1.56 bits per heavy atom. The van der Waals surface area contributed by atoms with Crippen molar-refractivity contribution < 1.29 is 9.90 Å². The fourth-order valence-electron chi connectivity index (χ4n) is 6.92. The van der Waals surface area contributed by atoms with Crippen LogP contribution in [0.4, 0.5) is 11.4 Å². The second kappa shape index (κ2) is 14.6. The molecular weight excluding hydrogens is 590 g/mol. The van der Waals surface area contributed by atoms with Gasteiger partial charge in [-0.3, -0.25) is 4.79 Å². The minimum Gasteiger partial charge on any atom is -0.513 e. The van der Waals surface area contributed by atoms with E-state index in [-0.39, 0.29) is 23.0 Å². The monoisotopic (exact) mass is 635 g/mol. The molecule has 1 aliphatic heterocycles. The Labute approximate surface area is 284 Å². The molecule has 244 valence electrons. The molecule has 0 unspecified atom stereocenters. The number of carbonyl (C=O) groups is 1. The first-order valence-corrected chi connectivity index (χ1v) is 16.6. The van der Waals surface area contributed by atoms with Gasteiger partial charge in [-0.1, -0.05) is 131 Å². The van der Waals surface area contributed by atoms with E-state index < -0.39 is 5.78 Å². The highest BCUT2D eigenvalue weighted by molar-refractivity contribution is 5.96. The summed E-state index contributed by atoms with van der Waals surface area (Å²) in [7, 11) is 0. The van der Waals surface area contributed by atoms with Crippen molar-refractivity contribution in [3.8, 4) is 6.07 Å². The highest BCUT2D eigenvalue weighted by atomic mass is 16.3. The molecule has 0 atom stereocenters. The van der Waals surface area contributed by atoms with E-state index in [1.165, 1.54) is 32.7 Å². The molecule has 4 aromatic carbocycles. The van der Waals surface area contributed by atoms with Crippen molar-refractivity contribution in [3.05, 3.63) is 144 Å². The van der Waals surface area contributed by atoms with Crippen LogP contribution in [-0.4, -0.2) is 24.0 Å². The van der Waals surface area contributed by atoms with Crippen LogP contribution in [0.5, 0.6) is 0 Å². The van der Waals surface area contributed by atoms with E-state index in [2.05, 4.69) is 136 Å². The van der Waals surface area contributed by atoms with E-state index in [0.717, 1.165) is 23.5 Å². The van der Waals surface area contributed by atoms with Crippen molar-refractivity contribution in [2.45, 2.75) is 57.8 Å². The molecule has 0 radical (unpaired) electrons. The maximum Gasteiger partial charge on any atom is 0.233 e. The first-order valence-electron chi connectivity index (χ1n) is 16.6. The standard InChI is InChI=1S/C43H45N3O2/c1-31(47)25-28-45-37-23-21-32-16-11-13-18-35(32)40(37)42(2,3)27-15-9-7-6-8-10-20-39-43(4,5)41-36-19-14-12-17-33(36)22-24-38(41)46(39)29-26-34(48)30-44/h6-24,45,47H,1,25-29H2,2-5H3/b7-6+,10-8+,15-9+,39-20+. The van der Waals surface area contributed by atoms with Crippen molar-refractivity contribution >= 4 is 38.7 Å². The van der Waals surface area contributed by atoms with Gasteiger partial charge in [-0.05, 0) is 62.7 Å². The quantitative estimate of drug-likeness (QED) is 0.0868. The fourth-order valence-corrected chi connectivity index (χ4v) is 6.92. The molecule has 4 aromatic rings. The number of carbonyl (C=O) groups excluding carboxylic acids is 1. The average Bonchev–Trinajstić information content (AvgIpc) is 3.29. The van der Waals surface area contributed by atoms with Crippen LogP contribution in [0.15, 0.2) is 133 Å². The number of rotatable bonds is 13. The predicted molar refractivity (Wildman–Crippen MR) is 202 cm³/mol. The molecular formula is C43H45N3O2. The number of allylic oxidation sites excluding steroid dienone is 8. The lowest BCUT2D eigenvalue weighted by molar-refractivity contribution is -0.113. The zero-order valence-electron chi connectivity index (χ0n) is 28.5. The van der Waals surface area contributed by atoms with Gasteiger partial charge in [-0.25, -0.2) is 0 Å². The van der Waals surface area contributed by atoms with E-state index in [1.54, 1.807) is 6.07 Å². The van der Waals surface area contributed by atoms with Gasteiger partial charge in [0.1, 0.15) is 6.07 Å². The number of benzene rings is 4. The van der Waals surface area contributed by atoms with Crippen molar-refractivity contribution in [2.75, 3.05) is 23.3 Å². The van der Waals surface area contributed by atoms with Crippen LogP contribution in [0.2, 0.25) is 0 Å². The smallest absolute Gasteiger partial charge is 0.233 e. The van der Waals surface area contributed by atoms with Crippen molar-refractivity contribution in [3.63, 3.8) is 0 Å². The SMILES string of the molecule is C=C(O)CCNc1ccc2ccccc2c1C(C)(C)C/C=C/C=C/C=C/C=C1/N(CCC(=O)C#N)c2ccc3ccccc3c2C1(C)C. The Morgan fingerprint density at radius 3 is 2.29 bits per heavy atom. The number of Topliss-reactive ketones (excluding diaryl/α,β-unsaturated/α-hetero) is 1. The third-order valence-electron chi connectivity index (χ3n) is 9.24. The first-order chi connectivity index (χ1) is 23.0. The second-order valence-electron chi connectivity index (χ2n) is 13.5. The molecule has 0 bridgehead atoms. The maximum atomic E-state index is 12.0. The molecule has 2 N–H and O–H groups in total. The van der Waals surface area contributed by atoms with Gasteiger partial charge in [0.25, 0.3) is 0 Å². The van der Waals surface area contributed by atoms with Crippen molar-refractivity contribution in [2.24, 2.45) is 0 Å². The van der Waals surface area contributed by atoms with Crippen LogP contribution in [0.25, 0.3) is 21.5 Å². The minimum absolute atomic E-state index is 0.145. The number of fused-ring (bicyclic) bond motifs is 4. The van der Waals surface area contributed by atoms with Crippen LogP contribution < -0.4 is 10.2 Å². The second-order valence-corrected chi connectivity index (χ2v) is 13.5. The first kappa shape index (κ1) is 34.0. The third kappa shape index (κ3) is 7.29. The average molecular weight is 636 g/mol. The number of nitriles is 1. The Kier molecular flexibility index (Phi) is 10.4. The molecule has 1 aliphatic rings. The number of nitrogens with zero attached hydrogens (tertiary/aromatic N) is 2. The summed E-state index contributed by atoms with van der Waals surface area (Å²) >= 11 is 0. The summed E-state index contributed by atoms with van der Waals surface area (Å²) < 4.78 is 0. The molecule has 0 aromatic heterocycles. The fraction of sp³-hybridized carbons (Fsp3) is 0.256. The van der Waals surface area contributed by atoms with Gasteiger partial charge in [-0.15, -0.1) is 0 Å². The van der Waals surface area contributed by atoms with E-state index in [9.17, 15) is 9.90 Å². The van der Waals surface area contributed by atoms with Crippen LogP contribution in [0, 0.1) is 11.3 Å². The third-order valence-corrected chi connectivity index (χ3v) is 9.24. The summed E-state index contributed by atoms with van der Waals surface area (Å²) in [6.45, 7) is 13.7. The Balaban J connectivity index is 1.32. The van der Waals surface area contributed by atoms with Gasteiger partial charge in [0.2, 0.25) is 5.78 Å². The van der Waals surface area contributed by atoms with E-state index in [0.29, 0.717) is 19.5 Å². The van der Waals surface area contributed by atoms with Crippen LogP contribution in [0.3, 0.4) is 0 Å². The van der Waals surface area contributed by atoms with E-state index in [4.69, 9.17) is 5.26 Å². The maximum absolute atomic E-state index is 12.0. The molecule has 0 aliphatic carbocycles. The van der Waals surface area contributed by atoms with Gasteiger partial charge in [0.05, 0.1) is 5.76 Å². The summed E-state index contributed by atoms with van der Waals surface area (Å²) in [6.07, 6.45) is 16.1. The molecule has 48 heavy (non-hydrogen) atoms. The lowest BCUT2D eigenvalue weighted by Gasteiger charge is -2.29. The molecule has 5 heteroatoms. The molecule has 0 spiro atoms. The summed E-state index contributed by atoms with van der Waals surface area (Å²) in [6, 6.07) is 27.2. The summed E-state index contributed by atoms with van der Waals surface area (Å²) in [4.78, 5) is 14.2. The molecule has 5 rings (SSSR count). The predicted octanol–water partition coefficient (Wildman–Crippen LogP) is 10.4. The van der Waals surface area contributed by atoms with Crippen LogP contribution >= 0.6 is 0 Å². The van der Waals surface area contributed by atoms with E-state index >= 15 is 0 Å².